The lowest BCUT2D eigenvalue weighted by Gasteiger charge is -2.33. The van der Waals surface area contributed by atoms with E-state index in [0.29, 0.717) is 31.0 Å². The predicted molar refractivity (Wildman–Crippen MR) is 143 cm³/mol. The van der Waals surface area contributed by atoms with Gasteiger partial charge in [0.1, 0.15) is 18.3 Å². The van der Waals surface area contributed by atoms with E-state index in [4.69, 9.17) is 4.74 Å². The highest BCUT2D eigenvalue weighted by atomic mass is 32.2. The van der Waals surface area contributed by atoms with Crippen LogP contribution in [-0.2, 0) is 26.2 Å². The number of carbonyl (C=O) groups is 2. The Morgan fingerprint density at radius 3 is 2.25 bits per heavy atom. The number of benzene rings is 2. The lowest BCUT2D eigenvalue weighted by Crippen LogP contribution is -2.52. The second-order valence-corrected chi connectivity index (χ2v) is 11.2. The average molecular weight is 518 g/mol. The fourth-order valence-corrected chi connectivity index (χ4v) is 4.69. The Bertz CT molecular complexity index is 1120. The molecule has 0 aliphatic carbocycles. The third-order valence-electron chi connectivity index (χ3n) is 5.62. The Morgan fingerprint density at radius 2 is 1.72 bits per heavy atom. The van der Waals surface area contributed by atoms with Gasteiger partial charge in [-0.15, -0.1) is 0 Å². The molecule has 2 amide bonds. The standard InChI is InChI=1S/C27H39N3O5S/c1-7-25(27(32)28-17-20(3)4)29(18-22-11-9-10-21(5)16-22)26(31)19-30(36(6,33)34)23-12-14-24(15-13-23)35-8-2/h9-16,20,25H,7-8,17-19H2,1-6H3,(H,28,32). The van der Waals surface area contributed by atoms with Crippen molar-refractivity contribution < 1.29 is 22.7 Å². The van der Waals surface area contributed by atoms with Crippen molar-refractivity contribution in [3.05, 3.63) is 59.7 Å². The zero-order valence-electron chi connectivity index (χ0n) is 22.2. The molecule has 1 unspecified atom stereocenters. The Morgan fingerprint density at radius 1 is 1.06 bits per heavy atom. The van der Waals surface area contributed by atoms with Crippen LogP contribution in [0.25, 0.3) is 0 Å². The van der Waals surface area contributed by atoms with Gasteiger partial charge in [0.25, 0.3) is 0 Å². The van der Waals surface area contributed by atoms with Crippen LogP contribution < -0.4 is 14.4 Å². The molecule has 1 atom stereocenters. The number of hydrogen-bond acceptors (Lipinski definition) is 5. The van der Waals surface area contributed by atoms with Gasteiger partial charge >= 0.3 is 0 Å². The van der Waals surface area contributed by atoms with Crippen molar-refractivity contribution in [3.63, 3.8) is 0 Å². The summed E-state index contributed by atoms with van der Waals surface area (Å²) in [5.74, 6) is 0.157. The lowest BCUT2D eigenvalue weighted by atomic mass is 10.1. The number of carbonyl (C=O) groups excluding carboxylic acids is 2. The fraction of sp³-hybridized carbons (Fsp3) is 0.481. The van der Waals surface area contributed by atoms with Crippen LogP contribution in [0.5, 0.6) is 5.75 Å². The molecule has 36 heavy (non-hydrogen) atoms. The van der Waals surface area contributed by atoms with Crippen LogP contribution in [0.2, 0.25) is 0 Å². The first-order valence-corrected chi connectivity index (χ1v) is 14.1. The van der Waals surface area contributed by atoms with Gasteiger partial charge in [-0.1, -0.05) is 50.6 Å². The van der Waals surface area contributed by atoms with Gasteiger partial charge in [-0.25, -0.2) is 8.42 Å². The lowest BCUT2D eigenvalue weighted by molar-refractivity contribution is -0.140. The number of nitrogens with one attached hydrogen (secondary N) is 1. The van der Waals surface area contributed by atoms with Crippen molar-refractivity contribution in [1.82, 2.24) is 10.2 Å². The smallest absolute Gasteiger partial charge is 0.244 e. The second kappa shape index (κ2) is 13.3. The molecule has 198 valence electrons. The molecule has 2 rings (SSSR count). The highest BCUT2D eigenvalue weighted by Gasteiger charge is 2.31. The van der Waals surface area contributed by atoms with Gasteiger partial charge < -0.3 is 15.0 Å². The number of rotatable bonds is 13. The zero-order chi connectivity index (χ0) is 26.9. The van der Waals surface area contributed by atoms with E-state index >= 15 is 0 Å². The third-order valence-corrected chi connectivity index (χ3v) is 6.76. The molecule has 0 aliphatic rings. The summed E-state index contributed by atoms with van der Waals surface area (Å²) in [6.07, 6.45) is 1.46. The molecule has 9 heteroatoms. The maximum atomic E-state index is 13.7. The number of ether oxygens (including phenoxy) is 1. The maximum absolute atomic E-state index is 13.7. The molecule has 0 saturated heterocycles. The molecule has 8 nitrogen and oxygen atoms in total. The van der Waals surface area contributed by atoms with Crippen LogP contribution >= 0.6 is 0 Å². The van der Waals surface area contributed by atoms with Crippen LogP contribution in [0.15, 0.2) is 48.5 Å². The summed E-state index contributed by atoms with van der Waals surface area (Å²) in [4.78, 5) is 28.3. The average Bonchev–Trinajstić information content (AvgIpc) is 2.81. The minimum atomic E-state index is -3.78. The molecule has 0 aromatic heterocycles. The monoisotopic (exact) mass is 517 g/mol. The van der Waals surface area contributed by atoms with E-state index in [-0.39, 0.29) is 18.4 Å². The number of amides is 2. The van der Waals surface area contributed by atoms with E-state index < -0.39 is 28.5 Å². The topological polar surface area (TPSA) is 96.0 Å². The van der Waals surface area contributed by atoms with Crippen molar-refractivity contribution in [3.8, 4) is 5.75 Å². The molecule has 0 saturated carbocycles. The Kier molecular flexibility index (Phi) is 10.8. The number of sulfonamides is 1. The molecule has 0 fully saturated rings. The summed E-state index contributed by atoms with van der Waals surface area (Å²) in [6.45, 7) is 10.4. The van der Waals surface area contributed by atoms with Gasteiger partial charge in [0, 0.05) is 13.1 Å². The Balaban J connectivity index is 2.40. The molecule has 0 radical (unpaired) electrons. The molecular formula is C27H39N3O5S. The summed E-state index contributed by atoms with van der Waals surface area (Å²) < 4.78 is 31.9. The number of hydrogen-bond donors (Lipinski definition) is 1. The van der Waals surface area contributed by atoms with Gasteiger partial charge in [0.05, 0.1) is 18.6 Å². The van der Waals surface area contributed by atoms with Gasteiger partial charge in [0.2, 0.25) is 21.8 Å². The van der Waals surface area contributed by atoms with Crippen LogP contribution in [-0.4, -0.2) is 57.1 Å². The Hall–Kier alpha value is -3.07. The predicted octanol–water partition coefficient (Wildman–Crippen LogP) is 3.74. The third kappa shape index (κ3) is 8.55. The molecule has 0 aliphatic heterocycles. The molecule has 2 aromatic rings. The number of aryl methyl sites for hydroxylation is 1. The van der Waals surface area contributed by atoms with E-state index in [0.717, 1.165) is 21.7 Å². The van der Waals surface area contributed by atoms with E-state index in [1.165, 1.54) is 4.90 Å². The first-order chi connectivity index (χ1) is 17.0. The first-order valence-electron chi connectivity index (χ1n) is 12.3. The minimum Gasteiger partial charge on any atom is -0.494 e. The molecule has 1 N–H and O–H groups in total. The SMILES string of the molecule is CCOc1ccc(N(CC(=O)N(Cc2cccc(C)c2)C(CC)C(=O)NCC(C)C)S(C)(=O)=O)cc1. The summed E-state index contributed by atoms with van der Waals surface area (Å²) in [5, 5.41) is 2.92. The van der Waals surface area contributed by atoms with Crippen LogP contribution in [0.3, 0.4) is 0 Å². The summed E-state index contributed by atoms with van der Waals surface area (Å²) in [5.41, 5.74) is 2.25. The number of anilines is 1. The van der Waals surface area contributed by atoms with Gasteiger partial charge in [0.15, 0.2) is 0 Å². The van der Waals surface area contributed by atoms with Crippen LogP contribution in [0.1, 0.15) is 45.2 Å². The Labute approximate surface area is 215 Å². The van der Waals surface area contributed by atoms with E-state index in [1.807, 2.05) is 58.9 Å². The fourth-order valence-electron chi connectivity index (χ4n) is 3.84. The van der Waals surface area contributed by atoms with Crippen LogP contribution in [0, 0.1) is 12.8 Å². The minimum absolute atomic E-state index is 0.189. The van der Waals surface area contributed by atoms with Crippen molar-refractivity contribution >= 4 is 27.5 Å². The highest BCUT2D eigenvalue weighted by molar-refractivity contribution is 7.92. The van der Waals surface area contributed by atoms with E-state index in [1.54, 1.807) is 24.3 Å². The van der Waals surface area contributed by atoms with Crippen molar-refractivity contribution in [2.45, 2.75) is 53.6 Å². The summed E-state index contributed by atoms with van der Waals surface area (Å²) >= 11 is 0. The molecule has 0 heterocycles. The summed E-state index contributed by atoms with van der Waals surface area (Å²) in [7, 11) is -3.78. The van der Waals surface area contributed by atoms with E-state index in [9.17, 15) is 18.0 Å². The normalized spacial score (nSPS) is 12.2. The zero-order valence-corrected chi connectivity index (χ0v) is 23.0. The quantitative estimate of drug-likeness (QED) is 0.437. The largest absolute Gasteiger partial charge is 0.494 e. The maximum Gasteiger partial charge on any atom is 0.244 e. The van der Waals surface area contributed by atoms with Crippen LogP contribution in [0.4, 0.5) is 5.69 Å². The van der Waals surface area contributed by atoms with Gasteiger partial charge in [-0.2, -0.15) is 0 Å². The molecule has 0 spiro atoms. The number of nitrogens with zero attached hydrogens (tertiary/aromatic N) is 2. The first kappa shape index (κ1) is 29.2. The van der Waals surface area contributed by atoms with Gasteiger partial charge in [-0.05, 0) is 56.0 Å². The molecule has 2 aromatic carbocycles. The molecule has 0 bridgehead atoms. The van der Waals surface area contributed by atoms with Crippen molar-refractivity contribution in [2.75, 3.05) is 30.3 Å². The van der Waals surface area contributed by atoms with E-state index in [2.05, 4.69) is 5.32 Å². The second-order valence-electron chi connectivity index (χ2n) is 9.27. The molecular weight excluding hydrogens is 478 g/mol. The summed E-state index contributed by atoms with van der Waals surface area (Å²) in [6, 6.07) is 13.5. The van der Waals surface area contributed by atoms with Gasteiger partial charge in [-0.3, -0.25) is 13.9 Å². The van der Waals surface area contributed by atoms with Crippen molar-refractivity contribution in [2.24, 2.45) is 5.92 Å². The van der Waals surface area contributed by atoms with Crippen molar-refractivity contribution in [1.29, 1.82) is 0 Å². The highest BCUT2D eigenvalue weighted by Crippen LogP contribution is 2.23.